The highest BCUT2D eigenvalue weighted by Gasteiger charge is 2.20. The van der Waals surface area contributed by atoms with Gasteiger partial charge in [-0.15, -0.1) is 0 Å². The molecule has 2 aromatic carbocycles. The van der Waals surface area contributed by atoms with Gasteiger partial charge >= 0.3 is 0 Å². The fraction of sp³-hybridized carbons (Fsp3) is 0.0588. The summed E-state index contributed by atoms with van der Waals surface area (Å²) in [5.74, 6) is 0.380. The molecule has 2 N–H and O–H groups in total. The highest BCUT2D eigenvalue weighted by Crippen LogP contribution is 2.31. The molecule has 6 heteroatoms. The normalized spacial score (nSPS) is 15.8. The van der Waals surface area contributed by atoms with Crippen molar-refractivity contribution in [3.8, 4) is 5.75 Å². The van der Waals surface area contributed by atoms with Crippen LogP contribution >= 0.6 is 27.7 Å². The lowest BCUT2D eigenvalue weighted by atomic mass is 10.2. The zero-order chi connectivity index (χ0) is 16.2. The van der Waals surface area contributed by atoms with Crippen LogP contribution < -0.4 is 10.5 Å². The molecule has 23 heavy (non-hydrogen) atoms. The number of aliphatic imine (C=N–C) groups is 1. The maximum absolute atomic E-state index is 11.8. The van der Waals surface area contributed by atoms with Gasteiger partial charge in [0.05, 0.1) is 4.91 Å². The fourth-order valence-corrected chi connectivity index (χ4v) is 3.12. The van der Waals surface area contributed by atoms with Crippen LogP contribution in [0.2, 0.25) is 0 Å². The van der Waals surface area contributed by atoms with Crippen molar-refractivity contribution in [2.75, 3.05) is 0 Å². The molecule has 0 bridgehead atoms. The molecular weight excluding hydrogens is 376 g/mol. The molecule has 3 rings (SSSR count). The highest BCUT2D eigenvalue weighted by molar-refractivity contribution is 9.10. The quantitative estimate of drug-likeness (QED) is 0.805. The maximum atomic E-state index is 11.8. The Morgan fingerprint density at radius 2 is 2.00 bits per heavy atom. The Hall–Kier alpha value is -2.05. The van der Waals surface area contributed by atoms with Gasteiger partial charge in [-0.1, -0.05) is 46.3 Å². The van der Waals surface area contributed by atoms with E-state index >= 15 is 0 Å². The highest BCUT2D eigenvalue weighted by atomic mass is 79.9. The number of thioether (sulfide) groups is 1. The molecule has 116 valence electrons. The third kappa shape index (κ3) is 4.03. The number of carbonyl (C=O) groups is 1. The number of amides is 1. The van der Waals surface area contributed by atoms with Crippen molar-refractivity contribution in [3.05, 3.63) is 69.0 Å². The van der Waals surface area contributed by atoms with E-state index < -0.39 is 0 Å². The van der Waals surface area contributed by atoms with Gasteiger partial charge in [0.1, 0.15) is 12.4 Å². The number of ether oxygens (including phenoxy) is 1. The number of amidine groups is 1. The standard InChI is InChI=1S/C17H13BrN2O2S/c18-13-6-7-14(22-10-11-4-2-1-3-5-11)12(8-13)9-15-16(21)20-17(19)23-15/h1-9H,10H2,(H2,19,20,21)/b15-9+. The third-order valence-corrected chi connectivity index (χ3v) is 4.44. The Morgan fingerprint density at radius 1 is 1.22 bits per heavy atom. The van der Waals surface area contributed by atoms with Gasteiger partial charge in [-0.05, 0) is 41.6 Å². The smallest absolute Gasteiger partial charge is 0.286 e. The van der Waals surface area contributed by atoms with E-state index in [2.05, 4.69) is 20.9 Å². The zero-order valence-electron chi connectivity index (χ0n) is 12.0. The number of halogens is 1. The first kappa shape index (κ1) is 15.8. The van der Waals surface area contributed by atoms with Crippen LogP contribution in [0, 0.1) is 0 Å². The van der Waals surface area contributed by atoms with Crippen LogP contribution in [-0.2, 0) is 11.4 Å². The van der Waals surface area contributed by atoms with E-state index in [1.807, 2.05) is 48.5 Å². The monoisotopic (exact) mass is 388 g/mol. The summed E-state index contributed by atoms with van der Waals surface area (Å²) in [6.07, 6.45) is 1.75. The first-order valence-corrected chi connectivity index (χ1v) is 8.47. The summed E-state index contributed by atoms with van der Waals surface area (Å²) in [5, 5.41) is 0.267. The summed E-state index contributed by atoms with van der Waals surface area (Å²) in [7, 11) is 0. The molecule has 0 saturated carbocycles. The summed E-state index contributed by atoms with van der Waals surface area (Å²) in [6.45, 7) is 0.457. The summed E-state index contributed by atoms with van der Waals surface area (Å²) in [6, 6.07) is 15.6. The van der Waals surface area contributed by atoms with E-state index in [1.165, 1.54) is 11.8 Å². The van der Waals surface area contributed by atoms with Gasteiger partial charge in [0.15, 0.2) is 5.17 Å². The van der Waals surface area contributed by atoms with Crippen LogP contribution in [0.25, 0.3) is 6.08 Å². The molecule has 1 heterocycles. The molecule has 2 aromatic rings. The molecule has 1 aliphatic heterocycles. The molecule has 0 radical (unpaired) electrons. The Balaban J connectivity index is 1.84. The van der Waals surface area contributed by atoms with E-state index in [0.717, 1.165) is 15.6 Å². The molecule has 1 aliphatic rings. The van der Waals surface area contributed by atoms with Crippen LogP contribution in [0.15, 0.2) is 62.9 Å². The molecule has 0 saturated heterocycles. The second kappa shape index (κ2) is 7.02. The molecule has 0 fully saturated rings. The average molecular weight is 389 g/mol. The van der Waals surface area contributed by atoms with Crippen molar-refractivity contribution < 1.29 is 9.53 Å². The van der Waals surface area contributed by atoms with Crippen molar-refractivity contribution in [1.82, 2.24) is 0 Å². The van der Waals surface area contributed by atoms with E-state index in [-0.39, 0.29) is 11.1 Å². The Morgan fingerprint density at radius 3 is 2.70 bits per heavy atom. The van der Waals surface area contributed by atoms with Crippen molar-refractivity contribution in [2.45, 2.75) is 6.61 Å². The van der Waals surface area contributed by atoms with Crippen LogP contribution in [0.4, 0.5) is 0 Å². The van der Waals surface area contributed by atoms with Crippen LogP contribution in [0.3, 0.4) is 0 Å². The van der Waals surface area contributed by atoms with E-state index in [9.17, 15) is 4.79 Å². The minimum absolute atomic E-state index is 0.267. The van der Waals surface area contributed by atoms with Gasteiger partial charge in [-0.2, -0.15) is 4.99 Å². The summed E-state index contributed by atoms with van der Waals surface area (Å²) in [4.78, 5) is 16.0. The van der Waals surface area contributed by atoms with Gasteiger partial charge in [0.2, 0.25) is 0 Å². The Bertz CT molecular complexity index is 803. The van der Waals surface area contributed by atoms with Crippen LogP contribution in [0.5, 0.6) is 5.75 Å². The lowest BCUT2D eigenvalue weighted by Crippen LogP contribution is -2.01. The summed E-state index contributed by atoms with van der Waals surface area (Å²) in [5.41, 5.74) is 7.46. The molecule has 0 aliphatic carbocycles. The fourth-order valence-electron chi connectivity index (χ4n) is 2.07. The Kier molecular flexibility index (Phi) is 4.83. The first-order valence-electron chi connectivity index (χ1n) is 6.86. The number of rotatable bonds is 4. The van der Waals surface area contributed by atoms with Gasteiger partial charge in [-0.3, -0.25) is 4.79 Å². The molecule has 0 aromatic heterocycles. The molecule has 4 nitrogen and oxygen atoms in total. The molecule has 0 atom stereocenters. The number of nitrogens with zero attached hydrogens (tertiary/aromatic N) is 1. The van der Waals surface area contributed by atoms with Crippen molar-refractivity contribution in [2.24, 2.45) is 10.7 Å². The SMILES string of the molecule is NC1=NC(=O)/C(=C\c2cc(Br)ccc2OCc2ccccc2)S1. The first-order chi connectivity index (χ1) is 11.1. The lowest BCUT2D eigenvalue weighted by Gasteiger charge is -2.10. The van der Waals surface area contributed by atoms with Crippen LogP contribution in [0.1, 0.15) is 11.1 Å². The Labute approximate surface area is 146 Å². The van der Waals surface area contributed by atoms with Crippen molar-refractivity contribution in [3.63, 3.8) is 0 Å². The molecule has 1 amide bonds. The molecule has 0 spiro atoms. The van der Waals surface area contributed by atoms with Gasteiger partial charge in [-0.25, -0.2) is 0 Å². The second-order valence-corrected chi connectivity index (χ2v) is 6.80. The van der Waals surface area contributed by atoms with E-state index in [1.54, 1.807) is 6.08 Å². The number of carbonyl (C=O) groups excluding carboxylic acids is 1. The molecular formula is C17H13BrN2O2S. The maximum Gasteiger partial charge on any atom is 0.286 e. The predicted octanol–water partition coefficient (Wildman–Crippen LogP) is 3.96. The van der Waals surface area contributed by atoms with Gasteiger partial charge < -0.3 is 10.5 Å². The van der Waals surface area contributed by atoms with E-state index in [0.29, 0.717) is 17.3 Å². The van der Waals surface area contributed by atoms with Crippen LogP contribution in [-0.4, -0.2) is 11.1 Å². The van der Waals surface area contributed by atoms with Crippen molar-refractivity contribution >= 4 is 44.8 Å². The second-order valence-electron chi connectivity index (χ2n) is 4.82. The van der Waals surface area contributed by atoms with Gasteiger partial charge in [0, 0.05) is 10.0 Å². The van der Waals surface area contributed by atoms with Gasteiger partial charge in [0.25, 0.3) is 5.91 Å². The average Bonchev–Trinajstić information content (AvgIpc) is 2.85. The zero-order valence-corrected chi connectivity index (χ0v) is 14.4. The predicted molar refractivity (Wildman–Crippen MR) is 97.1 cm³/mol. The minimum atomic E-state index is -0.318. The topological polar surface area (TPSA) is 64.7 Å². The number of nitrogens with two attached hydrogens (primary N) is 1. The summed E-state index contributed by atoms with van der Waals surface area (Å²) < 4.78 is 6.80. The minimum Gasteiger partial charge on any atom is -0.488 e. The van der Waals surface area contributed by atoms with E-state index in [4.69, 9.17) is 10.5 Å². The number of hydrogen-bond acceptors (Lipinski definition) is 4. The largest absolute Gasteiger partial charge is 0.488 e. The lowest BCUT2D eigenvalue weighted by molar-refractivity contribution is -0.113. The summed E-state index contributed by atoms with van der Waals surface area (Å²) >= 11 is 4.60. The number of benzene rings is 2. The number of hydrogen-bond donors (Lipinski definition) is 1. The molecule has 0 unspecified atom stereocenters. The third-order valence-electron chi connectivity index (χ3n) is 3.13. The van der Waals surface area contributed by atoms with Crippen molar-refractivity contribution in [1.29, 1.82) is 0 Å².